The minimum Gasteiger partial charge on any atom is -0.386 e. The molecule has 1 aliphatic heterocycles. The molecule has 0 radical (unpaired) electrons. The van der Waals surface area contributed by atoms with Gasteiger partial charge < -0.3 is 19.8 Å². The highest BCUT2D eigenvalue weighted by molar-refractivity contribution is 5.79. The largest absolute Gasteiger partial charge is 0.386 e. The molecule has 128 valence electrons. The SMILES string of the molecule is Cc1noc(C)c1CC(=O)NCC1(O)CCN(c2ncccn2)C1. The lowest BCUT2D eigenvalue weighted by molar-refractivity contribution is -0.121. The van der Waals surface area contributed by atoms with Gasteiger partial charge in [-0.3, -0.25) is 4.79 Å². The second-order valence-electron chi connectivity index (χ2n) is 6.20. The van der Waals surface area contributed by atoms with Gasteiger partial charge in [-0.2, -0.15) is 0 Å². The van der Waals surface area contributed by atoms with Crippen molar-refractivity contribution in [2.24, 2.45) is 0 Å². The number of rotatable bonds is 5. The number of β-amino-alcohol motifs (C(OH)–C–C–N with tert-alkyl or cyclic N) is 1. The molecule has 24 heavy (non-hydrogen) atoms. The molecular weight excluding hydrogens is 310 g/mol. The molecule has 0 aromatic carbocycles. The maximum atomic E-state index is 12.1. The van der Waals surface area contributed by atoms with E-state index in [1.807, 2.05) is 4.90 Å². The number of nitrogens with one attached hydrogen (secondary N) is 1. The number of nitrogens with zero attached hydrogens (tertiary/aromatic N) is 4. The van der Waals surface area contributed by atoms with Crippen molar-refractivity contribution in [1.29, 1.82) is 0 Å². The number of hydrogen-bond donors (Lipinski definition) is 2. The summed E-state index contributed by atoms with van der Waals surface area (Å²) in [6.07, 6.45) is 4.09. The third-order valence-corrected chi connectivity index (χ3v) is 4.30. The molecule has 1 atom stereocenters. The molecule has 1 aliphatic rings. The van der Waals surface area contributed by atoms with E-state index in [4.69, 9.17) is 4.52 Å². The van der Waals surface area contributed by atoms with E-state index in [1.165, 1.54) is 0 Å². The average molecular weight is 331 g/mol. The highest BCUT2D eigenvalue weighted by Gasteiger charge is 2.37. The van der Waals surface area contributed by atoms with Crippen LogP contribution in [0, 0.1) is 13.8 Å². The van der Waals surface area contributed by atoms with Crippen LogP contribution in [0.1, 0.15) is 23.4 Å². The normalized spacial score (nSPS) is 20.4. The first kappa shape index (κ1) is 16.4. The van der Waals surface area contributed by atoms with E-state index in [0.29, 0.717) is 31.2 Å². The summed E-state index contributed by atoms with van der Waals surface area (Å²) in [4.78, 5) is 22.4. The summed E-state index contributed by atoms with van der Waals surface area (Å²) < 4.78 is 5.06. The van der Waals surface area contributed by atoms with Crippen molar-refractivity contribution >= 4 is 11.9 Å². The third kappa shape index (κ3) is 3.53. The fraction of sp³-hybridized carbons (Fsp3) is 0.500. The molecule has 0 saturated carbocycles. The number of hydrogen-bond acceptors (Lipinski definition) is 7. The van der Waals surface area contributed by atoms with E-state index in [-0.39, 0.29) is 18.9 Å². The zero-order valence-corrected chi connectivity index (χ0v) is 13.8. The molecule has 0 spiro atoms. The van der Waals surface area contributed by atoms with Crippen LogP contribution in [0.15, 0.2) is 23.0 Å². The van der Waals surface area contributed by atoms with Crippen LogP contribution >= 0.6 is 0 Å². The van der Waals surface area contributed by atoms with Crippen LogP contribution in [0.4, 0.5) is 5.95 Å². The standard InChI is InChI=1S/C16H21N5O3/c1-11-13(12(2)24-20-11)8-14(22)19-9-16(23)4-7-21(10-16)15-17-5-3-6-18-15/h3,5-6,23H,4,7-10H2,1-2H3,(H,19,22). The molecule has 8 heteroatoms. The number of aryl methyl sites for hydroxylation is 2. The van der Waals surface area contributed by atoms with Gasteiger partial charge >= 0.3 is 0 Å². The Morgan fingerprint density at radius 1 is 1.42 bits per heavy atom. The maximum Gasteiger partial charge on any atom is 0.225 e. The molecule has 8 nitrogen and oxygen atoms in total. The number of anilines is 1. The van der Waals surface area contributed by atoms with E-state index in [1.54, 1.807) is 32.3 Å². The number of aromatic nitrogens is 3. The maximum absolute atomic E-state index is 12.1. The van der Waals surface area contributed by atoms with E-state index in [0.717, 1.165) is 11.3 Å². The van der Waals surface area contributed by atoms with Crippen LogP contribution < -0.4 is 10.2 Å². The summed E-state index contributed by atoms with van der Waals surface area (Å²) in [6.45, 7) is 4.83. The molecule has 0 bridgehead atoms. The van der Waals surface area contributed by atoms with E-state index in [2.05, 4.69) is 20.4 Å². The Hall–Kier alpha value is -2.48. The smallest absolute Gasteiger partial charge is 0.225 e. The zero-order chi connectivity index (χ0) is 17.2. The van der Waals surface area contributed by atoms with E-state index < -0.39 is 5.60 Å². The first-order valence-electron chi connectivity index (χ1n) is 7.90. The number of carbonyl (C=O) groups is 1. The van der Waals surface area contributed by atoms with Crippen LogP contribution in [0.5, 0.6) is 0 Å². The minimum atomic E-state index is -0.979. The first-order valence-corrected chi connectivity index (χ1v) is 7.90. The van der Waals surface area contributed by atoms with Crippen LogP contribution in [-0.4, -0.2) is 51.4 Å². The highest BCUT2D eigenvalue weighted by Crippen LogP contribution is 2.23. The van der Waals surface area contributed by atoms with Crippen molar-refractivity contribution in [3.63, 3.8) is 0 Å². The molecule has 1 saturated heterocycles. The lowest BCUT2D eigenvalue weighted by Gasteiger charge is -2.23. The Kier molecular flexibility index (Phi) is 4.48. The molecule has 2 aromatic rings. The average Bonchev–Trinajstić information content (AvgIpc) is 3.12. The summed E-state index contributed by atoms with van der Waals surface area (Å²) >= 11 is 0. The van der Waals surface area contributed by atoms with Gasteiger partial charge in [0.1, 0.15) is 11.4 Å². The van der Waals surface area contributed by atoms with Crippen LogP contribution in [0.2, 0.25) is 0 Å². The molecule has 2 N–H and O–H groups in total. The molecule has 1 amide bonds. The summed E-state index contributed by atoms with van der Waals surface area (Å²) in [7, 11) is 0. The lowest BCUT2D eigenvalue weighted by atomic mass is 10.0. The van der Waals surface area contributed by atoms with Crippen molar-refractivity contribution in [2.75, 3.05) is 24.5 Å². The van der Waals surface area contributed by atoms with Gasteiger partial charge in [0.05, 0.1) is 18.7 Å². The molecule has 3 rings (SSSR count). The van der Waals surface area contributed by atoms with Crippen LogP contribution in [-0.2, 0) is 11.2 Å². The Balaban J connectivity index is 1.54. The predicted octanol–water partition coefficient (Wildman–Crippen LogP) is 0.382. The molecule has 0 aliphatic carbocycles. The quantitative estimate of drug-likeness (QED) is 0.816. The molecular formula is C16H21N5O3. The Labute approximate surface area is 139 Å². The summed E-state index contributed by atoms with van der Waals surface area (Å²) in [5, 5.41) is 17.3. The van der Waals surface area contributed by atoms with Crippen molar-refractivity contribution in [3.8, 4) is 0 Å². The Bertz CT molecular complexity index is 698. The van der Waals surface area contributed by atoms with Crippen LogP contribution in [0.3, 0.4) is 0 Å². The first-order chi connectivity index (χ1) is 11.5. The van der Waals surface area contributed by atoms with Gasteiger partial charge in [0, 0.05) is 31.0 Å². The van der Waals surface area contributed by atoms with Crippen molar-refractivity contribution < 1.29 is 14.4 Å². The van der Waals surface area contributed by atoms with Gasteiger partial charge in [-0.05, 0) is 26.3 Å². The van der Waals surface area contributed by atoms with Gasteiger partial charge in [-0.1, -0.05) is 5.16 Å². The summed E-state index contributed by atoms with van der Waals surface area (Å²) in [6, 6.07) is 1.75. The summed E-state index contributed by atoms with van der Waals surface area (Å²) in [5.74, 6) is 1.08. The molecule has 3 heterocycles. The van der Waals surface area contributed by atoms with Gasteiger partial charge in [0.2, 0.25) is 11.9 Å². The van der Waals surface area contributed by atoms with Crippen molar-refractivity contribution in [3.05, 3.63) is 35.5 Å². The second kappa shape index (κ2) is 6.56. The number of carbonyl (C=O) groups excluding carboxylic acids is 1. The molecule has 1 fully saturated rings. The fourth-order valence-electron chi connectivity index (χ4n) is 2.87. The van der Waals surface area contributed by atoms with Crippen LogP contribution in [0.25, 0.3) is 0 Å². The minimum absolute atomic E-state index is 0.160. The number of amides is 1. The Morgan fingerprint density at radius 3 is 2.83 bits per heavy atom. The van der Waals surface area contributed by atoms with Crippen molar-refractivity contribution in [2.45, 2.75) is 32.3 Å². The van der Waals surface area contributed by atoms with Gasteiger partial charge in [-0.15, -0.1) is 0 Å². The topological polar surface area (TPSA) is 104 Å². The number of aliphatic hydroxyl groups is 1. The molecule has 2 aromatic heterocycles. The second-order valence-corrected chi connectivity index (χ2v) is 6.20. The van der Waals surface area contributed by atoms with E-state index >= 15 is 0 Å². The summed E-state index contributed by atoms with van der Waals surface area (Å²) in [5.41, 5.74) is 0.535. The highest BCUT2D eigenvalue weighted by atomic mass is 16.5. The molecule has 1 unspecified atom stereocenters. The van der Waals surface area contributed by atoms with Gasteiger partial charge in [0.25, 0.3) is 0 Å². The van der Waals surface area contributed by atoms with Gasteiger partial charge in [0.15, 0.2) is 0 Å². The van der Waals surface area contributed by atoms with Crippen molar-refractivity contribution in [1.82, 2.24) is 20.4 Å². The van der Waals surface area contributed by atoms with Gasteiger partial charge in [-0.25, -0.2) is 9.97 Å². The van der Waals surface area contributed by atoms with E-state index in [9.17, 15) is 9.90 Å². The lowest BCUT2D eigenvalue weighted by Crippen LogP contribution is -2.45. The monoisotopic (exact) mass is 331 g/mol. The zero-order valence-electron chi connectivity index (χ0n) is 13.8. The third-order valence-electron chi connectivity index (χ3n) is 4.30. The predicted molar refractivity (Wildman–Crippen MR) is 86.5 cm³/mol. The Morgan fingerprint density at radius 2 is 2.17 bits per heavy atom. The fourth-order valence-corrected chi connectivity index (χ4v) is 2.87.